The molecule has 0 saturated carbocycles. The topological polar surface area (TPSA) is 105 Å². The number of hydrogen-bond donors (Lipinski definition) is 3. The van der Waals surface area contributed by atoms with E-state index >= 15 is 0 Å². The smallest absolute Gasteiger partial charge is 0.321 e. The van der Waals surface area contributed by atoms with Gasteiger partial charge in [-0.25, -0.2) is 9.78 Å². The van der Waals surface area contributed by atoms with Crippen molar-refractivity contribution in [2.75, 3.05) is 23.7 Å². The van der Waals surface area contributed by atoms with E-state index in [1.54, 1.807) is 6.20 Å². The molecular weight excluding hydrogens is 350 g/mol. The number of anilines is 2. The highest BCUT2D eigenvalue weighted by Crippen LogP contribution is 2.24. The van der Waals surface area contributed by atoms with Crippen molar-refractivity contribution >= 4 is 28.3 Å². The fraction of sp³-hybridized carbons (Fsp3) is 0.235. The lowest BCUT2D eigenvalue weighted by Gasteiger charge is -2.07. The van der Waals surface area contributed by atoms with E-state index in [2.05, 4.69) is 36.1 Å². The SMILES string of the molecule is Cc1ccc(NCCCNC(=O)Nc2nnc(-c3ccccn3)s2)nc1. The summed E-state index contributed by atoms with van der Waals surface area (Å²) < 4.78 is 0. The van der Waals surface area contributed by atoms with E-state index in [4.69, 9.17) is 0 Å². The number of aryl methyl sites for hydroxylation is 1. The van der Waals surface area contributed by atoms with Crippen molar-refractivity contribution in [3.63, 3.8) is 0 Å². The van der Waals surface area contributed by atoms with Gasteiger partial charge in [0.2, 0.25) is 5.13 Å². The predicted molar refractivity (Wildman–Crippen MR) is 102 cm³/mol. The van der Waals surface area contributed by atoms with Crippen LogP contribution >= 0.6 is 11.3 Å². The van der Waals surface area contributed by atoms with Crippen molar-refractivity contribution in [1.29, 1.82) is 0 Å². The van der Waals surface area contributed by atoms with Gasteiger partial charge in [-0.05, 0) is 37.1 Å². The second-order valence-electron chi connectivity index (χ2n) is 5.51. The van der Waals surface area contributed by atoms with E-state index in [0.717, 1.165) is 30.0 Å². The Bertz CT molecular complexity index is 836. The van der Waals surface area contributed by atoms with E-state index in [1.165, 1.54) is 11.3 Å². The Morgan fingerprint density at radius 1 is 1.12 bits per heavy atom. The number of carbonyl (C=O) groups excluding carboxylic acids is 1. The Morgan fingerprint density at radius 3 is 2.81 bits per heavy atom. The highest BCUT2D eigenvalue weighted by molar-refractivity contribution is 7.18. The fourth-order valence-electron chi connectivity index (χ4n) is 2.09. The molecule has 26 heavy (non-hydrogen) atoms. The van der Waals surface area contributed by atoms with E-state index in [1.807, 2.05) is 43.5 Å². The molecule has 0 unspecified atom stereocenters. The van der Waals surface area contributed by atoms with Crippen LogP contribution in [0.4, 0.5) is 15.7 Å². The highest BCUT2D eigenvalue weighted by Gasteiger charge is 2.09. The van der Waals surface area contributed by atoms with Gasteiger partial charge in [-0.15, -0.1) is 10.2 Å². The summed E-state index contributed by atoms with van der Waals surface area (Å²) in [6.45, 7) is 3.26. The van der Waals surface area contributed by atoms with Crippen LogP contribution in [0.5, 0.6) is 0 Å². The normalized spacial score (nSPS) is 10.3. The average molecular weight is 369 g/mol. The van der Waals surface area contributed by atoms with Gasteiger partial charge in [0.05, 0.1) is 0 Å². The Kier molecular flexibility index (Phi) is 6.05. The van der Waals surface area contributed by atoms with Crippen molar-refractivity contribution in [1.82, 2.24) is 25.5 Å². The molecule has 2 amide bonds. The molecule has 0 aliphatic carbocycles. The van der Waals surface area contributed by atoms with Gasteiger partial charge in [-0.1, -0.05) is 23.5 Å². The van der Waals surface area contributed by atoms with Crippen molar-refractivity contribution in [2.24, 2.45) is 0 Å². The van der Waals surface area contributed by atoms with E-state index < -0.39 is 0 Å². The molecule has 0 atom stereocenters. The zero-order valence-electron chi connectivity index (χ0n) is 14.3. The summed E-state index contributed by atoms with van der Waals surface area (Å²) in [5, 5.41) is 17.8. The van der Waals surface area contributed by atoms with E-state index in [0.29, 0.717) is 16.7 Å². The molecule has 0 aliphatic heterocycles. The first kappa shape index (κ1) is 17.7. The van der Waals surface area contributed by atoms with Crippen LogP contribution in [0.2, 0.25) is 0 Å². The summed E-state index contributed by atoms with van der Waals surface area (Å²) in [7, 11) is 0. The summed E-state index contributed by atoms with van der Waals surface area (Å²) in [6, 6.07) is 9.19. The third kappa shape index (κ3) is 5.21. The maximum Gasteiger partial charge on any atom is 0.321 e. The van der Waals surface area contributed by atoms with Crippen LogP contribution in [0.3, 0.4) is 0 Å². The molecule has 3 aromatic rings. The standard InChI is InChI=1S/C17H19N7OS/c1-12-6-7-14(21-11-12)19-9-4-10-20-16(25)22-17-24-23-15(26-17)13-5-2-3-8-18-13/h2-3,5-8,11H,4,9-10H2,1H3,(H,19,21)(H2,20,22,24,25). The quantitative estimate of drug-likeness (QED) is 0.553. The summed E-state index contributed by atoms with van der Waals surface area (Å²) in [4.78, 5) is 20.4. The molecule has 9 heteroatoms. The van der Waals surface area contributed by atoms with Crippen molar-refractivity contribution in [3.05, 3.63) is 48.3 Å². The summed E-state index contributed by atoms with van der Waals surface area (Å²) >= 11 is 1.28. The van der Waals surface area contributed by atoms with Crippen molar-refractivity contribution in [3.8, 4) is 10.7 Å². The maximum atomic E-state index is 11.9. The Morgan fingerprint density at radius 2 is 2.04 bits per heavy atom. The molecule has 134 valence electrons. The third-order valence-corrected chi connectivity index (χ3v) is 4.25. The van der Waals surface area contributed by atoms with Gasteiger partial charge in [0, 0.05) is 25.5 Å². The number of aromatic nitrogens is 4. The van der Waals surface area contributed by atoms with Gasteiger partial charge in [-0.3, -0.25) is 10.3 Å². The second kappa shape index (κ2) is 8.86. The molecule has 0 saturated heterocycles. The van der Waals surface area contributed by atoms with Gasteiger partial charge in [0.1, 0.15) is 11.5 Å². The average Bonchev–Trinajstić information content (AvgIpc) is 3.12. The molecule has 3 aromatic heterocycles. The summed E-state index contributed by atoms with van der Waals surface area (Å²) in [6.07, 6.45) is 4.28. The van der Waals surface area contributed by atoms with E-state index in [9.17, 15) is 4.79 Å². The molecule has 0 spiro atoms. The zero-order chi connectivity index (χ0) is 18.2. The fourth-order valence-corrected chi connectivity index (χ4v) is 2.80. The number of pyridine rings is 2. The highest BCUT2D eigenvalue weighted by atomic mass is 32.1. The van der Waals surface area contributed by atoms with Gasteiger partial charge in [0.25, 0.3) is 0 Å². The van der Waals surface area contributed by atoms with Crippen LogP contribution in [-0.2, 0) is 0 Å². The molecule has 0 aromatic carbocycles. The summed E-state index contributed by atoms with van der Waals surface area (Å²) in [5.41, 5.74) is 1.85. The van der Waals surface area contributed by atoms with Gasteiger partial charge in [-0.2, -0.15) is 0 Å². The third-order valence-electron chi connectivity index (χ3n) is 3.39. The largest absolute Gasteiger partial charge is 0.370 e. The molecule has 0 bridgehead atoms. The lowest BCUT2D eigenvalue weighted by atomic mass is 10.3. The predicted octanol–water partition coefficient (Wildman–Crippen LogP) is 2.93. The van der Waals surface area contributed by atoms with Gasteiger partial charge in [0.15, 0.2) is 5.01 Å². The number of nitrogens with zero attached hydrogens (tertiary/aromatic N) is 4. The first-order chi connectivity index (χ1) is 12.7. The van der Waals surface area contributed by atoms with Crippen LogP contribution < -0.4 is 16.0 Å². The number of rotatable bonds is 7. The van der Waals surface area contributed by atoms with Crippen LogP contribution in [0.1, 0.15) is 12.0 Å². The Labute approximate surface area is 155 Å². The lowest BCUT2D eigenvalue weighted by molar-refractivity contribution is 0.252. The van der Waals surface area contributed by atoms with Crippen molar-refractivity contribution in [2.45, 2.75) is 13.3 Å². The minimum atomic E-state index is -0.304. The minimum Gasteiger partial charge on any atom is -0.370 e. The molecule has 3 heterocycles. The number of nitrogens with one attached hydrogen (secondary N) is 3. The molecule has 0 radical (unpaired) electrons. The molecule has 0 aliphatic rings. The Balaban J connectivity index is 1.37. The maximum absolute atomic E-state index is 11.9. The molecular formula is C17H19N7OS. The molecule has 0 fully saturated rings. The first-order valence-corrected chi connectivity index (χ1v) is 8.98. The number of amides is 2. The summed E-state index contributed by atoms with van der Waals surface area (Å²) in [5.74, 6) is 0.830. The van der Waals surface area contributed by atoms with Crippen LogP contribution in [0, 0.1) is 6.92 Å². The van der Waals surface area contributed by atoms with Crippen molar-refractivity contribution < 1.29 is 4.79 Å². The van der Waals surface area contributed by atoms with Crippen LogP contribution in [-0.4, -0.2) is 39.3 Å². The first-order valence-electron chi connectivity index (χ1n) is 8.17. The van der Waals surface area contributed by atoms with Gasteiger partial charge >= 0.3 is 6.03 Å². The number of urea groups is 1. The lowest BCUT2D eigenvalue weighted by Crippen LogP contribution is -2.30. The van der Waals surface area contributed by atoms with Crippen LogP contribution in [0.25, 0.3) is 10.7 Å². The van der Waals surface area contributed by atoms with Gasteiger partial charge < -0.3 is 10.6 Å². The minimum absolute atomic E-state index is 0.304. The second-order valence-corrected chi connectivity index (χ2v) is 6.49. The zero-order valence-corrected chi connectivity index (χ0v) is 15.1. The Hall–Kier alpha value is -3.07. The molecule has 3 rings (SSSR count). The molecule has 8 nitrogen and oxygen atoms in total. The number of hydrogen-bond acceptors (Lipinski definition) is 7. The monoisotopic (exact) mass is 369 g/mol. The number of carbonyl (C=O) groups is 1. The van der Waals surface area contributed by atoms with Crippen LogP contribution in [0.15, 0.2) is 42.7 Å². The van der Waals surface area contributed by atoms with E-state index in [-0.39, 0.29) is 6.03 Å². The molecule has 3 N–H and O–H groups in total.